The lowest BCUT2D eigenvalue weighted by Gasteiger charge is -2.05. The Balaban J connectivity index is 2.25. The third-order valence-corrected chi connectivity index (χ3v) is 3.66. The first-order valence-electron chi connectivity index (χ1n) is 3.76. The molecule has 12 heavy (non-hydrogen) atoms. The molecule has 0 aliphatic carbocycles. The molecule has 2 heterocycles. The second-order valence-corrected chi connectivity index (χ2v) is 4.78. The molecule has 0 aromatic carbocycles. The summed E-state index contributed by atoms with van der Waals surface area (Å²) in [7, 11) is 0. The van der Waals surface area contributed by atoms with Crippen molar-refractivity contribution in [2.45, 2.75) is 13.2 Å². The Labute approximate surface area is 83.6 Å². The number of thiophene rings is 1. The van der Waals surface area contributed by atoms with Crippen LogP contribution in [0.4, 0.5) is 0 Å². The van der Waals surface area contributed by atoms with Crippen LogP contribution in [0.1, 0.15) is 16.0 Å². The molecule has 2 nitrogen and oxygen atoms in total. The Kier molecular flexibility index (Phi) is 2.50. The van der Waals surface area contributed by atoms with Gasteiger partial charge < -0.3 is 9.47 Å². The summed E-state index contributed by atoms with van der Waals surface area (Å²) in [6, 6.07) is 2.09. The molecule has 0 amide bonds. The second kappa shape index (κ2) is 3.46. The largest absolute Gasteiger partial charge is 0.345 e. The van der Waals surface area contributed by atoms with Crippen LogP contribution < -0.4 is 0 Å². The van der Waals surface area contributed by atoms with Gasteiger partial charge in [-0.3, -0.25) is 0 Å². The van der Waals surface area contributed by atoms with E-state index < -0.39 is 0 Å². The highest BCUT2D eigenvalue weighted by atomic mass is 79.9. The molecule has 0 atom stereocenters. The number of rotatable bonds is 1. The quantitative estimate of drug-likeness (QED) is 0.761. The zero-order valence-electron chi connectivity index (χ0n) is 6.67. The monoisotopic (exact) mass is 248 g/mol. The standard InChI is InChI=1S/C8H9BrO2S/c1-5-4-6(9)7(12-5)8-10-2-3-11-8/h4,8H,2-3H2,1H3. The molecular weight excluding hydrogens is 240 g/mol. The maximum Gasteiger partial charge on any atom is 0.194 e. The molecule has 1 aliphatic heterocycles. The molecule has 1 fully saturated rings. The molecule has 1 aliphatic rings. The Bertz CT molecular complexity index is 279. The molecule has 1 aromatic rings. The minimum Gasteiger partial charge on any atom is -0.345 e. The molecular formula is C8H9BrO2S. The summed E-state index contributed by atoms with van der Waals surface area (Å²) >= 11 is 5.19. The van der Waals surface area contributed by atoms with Crippen LogP contribution in [0.15, 0.2) is 10.5 Å². The number of hydrogen-bond acceptors (Lipinski definition) is 3. The van der Waals surface area contributed by atoms with Crippen molar-refractivity contribution in [1.82, 2.24) is 0 Å². The summed E-state index contributed by atoms with van der Waals surface area (Å²) in [6.45, 7) is 3.48. The fourth-order valence-electron chi connectivity index (χ4n) is 1.17. The number of hydrogen-bond donors (Lipinski definition) is 0. The normalized spacial score (nSPS) is 18.8. The van der Waals surface area contributed by atoms with Crippen LogP contribution >= 0.6 is 27.3 Å². The molecule has 1 saturated heterocycles. The minimum atomic E-state index is -0.141. The van der Waals surface area contributed by atoms with E-state index in [0.717, 1.165) is 9.35 Å². The summed E-state index contributed by atoms with van der Waals surface area (Å²) in [5.41, 5.74) is 0. The van der Waals surface area contributed by atoms with Gasteiger partial charge in [-0.1, -0.05) is 0 Å². The van der Waals surface area contributed by atoms with E-state index in [9.17, 15) is 0 Å². The summed E-state index contributed by atoms with van der Waals surface area (Å²) in [6.07, 6.45) is -0.141. The lowest BCUT2D eigenvalue weighted by molar-refractivity contribution is -0.0418. The summed E-state index contributed by atoms with van der Waals surface area (Å²) in [4.78, 5) is 2.42. The van der Waals surface area contributed by atoms with Crippen LogP contribution in [-0.2, 0) is 9.47 Å². The van der Waals surface area contributed by atoms with Crippen LogP contribution in [0.5, 0.6) is 0 Å². The highest BCUT2D eigenvalue weighted by Crippen LogP contribution is 2.36. The van der Waals surface area contributed by atoms with Gasteiger partial charge in [0.1, 0.15) is 0 Å². The van der Waals surface area contributed by atoms with E-state index in [-0.39, 0.29) is 6.29 Å². The van der Waals surface area contributed by atoms with Crippen molar-refractivity contribution in [3.8, 4) is 0 Å². The molecule has 66 valence electrons. The van der Waals surface area contributed by atoms with Crippen molar-refractivity contribution in [2.24, 2.45) is 0 Å². The summed E-state index contributed by atoms with van der Waals surface area (Å²) in [5, 5.41) is 0. The van der Waals surface area contributed by atoms with Crippen molar-refractivity contribution in [3.63, 3.8) is 0 Å². The van der Waals surface area contributed by atoms with Gasteiger partial charge in [0.25, 0.3) is 0 Å². The van der Waals surface area contributed by atoms with Gasteiger partial charge in [-0.2, -0.15) is 0 Å². The third kappa shape index (κ3) is 1.57. The van der Waals surface area contributed by atoms with Crippen LogP contribution in [0.3, 0.4) is 0 Å². The van der Waals surface area contributed by atoms with E-state index >= 15 is 0 Å². The summed E-state index contributed by atoms with van der Waals surface area (Å²) in [5.74, 6) is 0. The number of halogens is 1. The molecule has 0 unspecified atom stereocenters. The molecule has 0 radical (unpaired) electrons. The van der Waals surface area contributed by atoms with Gasteiger partial charge in [0.15, 0.2) is 6.29 Å². The second-order valence-electron chi connectivity index (χ2n) is 2.64. The molecule has 1 aromatic heterocycles. The van der Waals surface area contributed by atoms with Crippen LogP contribution in [-0.4, -0.2) is 13.2 Å². The number of ether oxygens (including phenoxy) is 2. The van der Waals surface area contributed by atoms with Gasteiger partial charge in [-0.05, 0) is 28.9 Å². The van der Waals surface area contributed by atoms with Crippen molar-refractivity contribution < 1.29 is 9.47 Å². The number of aryl methyl sites for hydroxylation is 1. The van der Waals surface area contributed by atoms with Gasteiger partial charge in [0.2, 0.25) is 0 Å². The summed E-state index contributed by atoms with van der Waals surface area (Å²) < 4.78 is 11.9. The fourth-order valence-corrected chi connectivity index (χ4v) is 3.01. The van der Waals surface area contributed by atoms with E-state index in [2.05, 4.69) is 28.9 Å². The Morgan fingerprint density at radius 2 is 2.17 bits per heavy atom. The Hall–Kier alpha value is 0.1000. The molecule has 0 spiro atoms. The molecule has 2 rings (SSSR count). The fraction of sp³-hybridized carbons (Fsp3) is 0.500. The van der Waals surface area contributed by atoms with Crippen molar-refractivity contribution in [2.75, 3.05) is 13.2 Å². The van der Waals surface area contributed by atoms with E-state index in [1.165, 1.54) is 4.88 Å². The van der Waals surface area contributed by atoms with Crippen molar-refractivity contribution in [3.05, 3.63) is 20.3 Å². The van der Waals surface area contributed by atoms with E-state index in [1.807, 2.05) is 0 Å². The third-order valence-electron chi connectivity index (χ3n) is 1.67. The Morgan fingerprint density at radius 3 is 2.67 bits per heavy atom. The first kappa shape index (κ1) is 8.69. The smallest absolute Gasteiger partial charge is 0.194 e. The van der Waals surface area contributed by atoms with Gasteiger partial charge in [-0.15, -0.1) is 11.3 Å². The SMILES string of the molecule is Cc1cc(Br)c(C2OCCO2)s1. The molecule has 0 saturated carbocycles. The predicted molar refractivity (Wildman–Crippen MR) is 51.4 cm³/mol. The van der Waals surface area contributed by atoms with Gasteiger partial charge in [-0.25, -0.2) is 0 Å². The van der Waals surface area contributed by atoms with Crippen LogP contribution in [0.2, 0.25) is 0 Å². The highest BCUT2D eigenvalue weighted by molar-refractivity contribution is 9.10. The van der Waals surface area contributed by atoms with Gasteiger partial charge in [0.05, 0.1) is 18.1 Å². The lowest BCUT2D eigenvalue weighted by atomic mass is 10.4. The van der Waals surface area contributed by atoms with Gasteiger partial charge in [0, 0.05) is 9.35 Å². The minimum absolute atomic E-state index is 0.141. The first-order chi connectivity index (χ1) is 5.77. The maximum atomic E-state index is 5.39. The van der Waals surface area contributed by atoms with Gasteiger partial charge >= 0.3 is 0 Å². The molecule has 4 heteroatoms. The van der Waals surface area contributed by atoms with E-state index in [0.29, 0.717) is 13.2 Å². The predicted octanol–water partition coefficient (Wildman–Crippen LogP) is 2.86. The Morgan fingerprint density at radius 1 is 1.50 bits per heavy atom. The van der Waals surface area contributed by atoms with E-state index in [4.69, 9.17) is 9.47 Å². The topological polar surface area (TPSA) is 18.5 Å². The van der Waals surface area contributed by atoms with E-state index in [1.54, 1.807) is 11.3 Å². The zero-order valence-corrected chi connectivity index (χ0v) is 9.07. The lowest BCUT2D eigenvalue weighted by Crippen LogP contribution is -1.94. The van der Waals surface area contributed by atoms with Crippen molar-refractivity contribution in [1.29, 1.82) is 0 Å². The maximum absolute atomic E-state index is 5.39. The average molecular weight is 249 g/mol. The average Bonchev–Trinajstić information content (AvgIpc) is 2.58. The zero-order chi connectivity index (χ0) is 8.55. The molecule has 0 N–H and O–H groups in total. The van der Waals surface area contributed by atoms with Crippen LogP contribution in [0, 0.1) is 6.92 Å². The van der Waals surface area contributed by atoms with Crippen molar-refractivity contribution >= 4 is 27.3 Å². The van der Waals surface area contributed by atoms with Crippen LogP contribution in [0.25, 0.3) is 0 Å². The first-order valence-corrected chi connectivity index (χ1v) is 5.37. The molecule has 0 bridgehead atoms. The highest BCUT2D eigenvalue weighted by Gasteiger charge is 2.22.